The first kappa shape index (κ1) is 19.1. The number of hydrogen-bond donors (Lipinski definition) is 1. The summed E-state index contributed by atoms with van der Waals surface area (Å²) in [5.41, 5.74) is 2.70. The summed E-state index contributed by atoms with van der Waals surface area (Å²) in [6.45, 7) is 4.17. The highest BCUT2D eigenvalue weighted by Gasteiger charge is 2.35. The number of rotatable bonds is 7. The van der Waals surface area contributed by atoms with Crippen LogP contribution in [0.3, 0.4) is 0 Å². The van der Waals surface area contributed by atoms with Gasteiger partial charge in [-0.15, -0.1) is 0 Å². The normalized spacial score (nSPS) is 17.8. The average Bonchev–Trinajstić information content (AvgIpc) is 3.14. The Kier molecular flexibility index (Phi) is 5.92. The van der Waals surface area contributed by atoms with E-state index in [9.17, 15) is 9.59 Å². The van der Waals surface area contributed by atoms with Crippen LogP contribution in [0.1, 0.15) is 42.7 Å². The van der Waals surface area contributed by atoms with Gasteiger partial charge in [0.05, 0.1) is 12.8 Å². The van der Waals surface area contributed by atoms with Gasteiger partial charge in [-0.1, -0.05) is 13.8 Å². The first-order valence-corrected chi connectivity index (χ1v) is 7.94. The number of aromatic amines is 1. The predicted octanol–water partition coefficient (Wildman–Crippen LogP) is 2.59. The molecule has 1 aliphatic heterocycles. The van der Waals surface area contributed by atoms with Gasteiger partial charge in [-0.3, -0.25) is 14.6 Å². The second-order valence-electron chi connectivity index (χ2n) is 6.52. The van der Waals surface area contributed by atoms with E-state index in [1.165, 1.54) is 7.11 Å². The summed E-state index contributed by atoms with van der Waals surface area (Å²) >= 11 is 0. The van der Waals surface area contributed by atoms with Crippen molar-refractivity contribution in [2.75, 3.05) is 21.3 Å². The summed E-state index contributed by atoms with van der Waals surface area (Å²) in [5, 5.41) is 0. The van der Waals surface area contributed by atoms with Crippen molar-refractivity contribution in [2.24, 2.45) is 10.4 Å². The molecule has 0 saturated heterocycles. The van der Waals surface area contributed by atoms with Crippen molar-refractivity contribution in [1.82, 2.24) is 4.98 Å². The third-order valence-corrected chi connectivity index (χ3v) is 4.13. The molecule has 2 rings (SSSR count). The number of carbonyl (C=O) groups excluding carboxylic acids is 2. The number of ketones is 1. The van der Waals surface area contributed by atoms with E-state index in [2.05, 4.69) is 28.6 Å². The van der Waals surface area contributed by atoms with Crippen molar-refractivity contribution in [3.8, 4) is 0 Å². The second-order valence-corrected chi connectivity index (χ2v) is 6.52. The van der Waals surface area contributed by atoms with Crippen LogP contribution in [0.5, 0.6) is 0 Å². The number of H-pyrrole nitrogens is 1. The van der Waals surface area contributed by atoms with E-state index in [1.807, 2.05) is 6.08 Å². The van der Waals surface area contributed by atoms with E-state index in [-0.39, 0.29) is 17.6 Å². The maximum Gasteiger partial charge on any atom is 0.313 e. The molecule has 0 atom stereocenters. The number of Topliss-reactive ketones (excluding diaryl/α,β-unsaturated/α-hetero) is 1. The van der Waals surface area contributed by atoms with E-state index in [0.29, 0.717) is 5.56 Å². The van der Waals surface area contributed by atoms with E-state index in [4.69, 9.17) is 9.47 Å². The molecule has 0 amide bonds. The van der Waals surface area contributed by atoms with Crippen molar-refractivity contribution in [1.29, 1.82) is 0 Å². The molecule has 7 nitrogen and oxygen atoms in total. The van der Waals surface area contributed by atoms with Crippen molar-refractivity contribution in [3.05, 3.63) is 29.2 Å². The Morgan fingerprint density at radius 1 is 1.32 bits per heavy atom. The highest BCUT2D eigenvalue weighted by Crippen LogP contribution is 2.39. The van der Waals surface area contributed by atoms with Gasteiger partial charge in [0.1, 0.15) is 6.42 Å². The SMILES string of the molecule is COC(=O)CC(=O)c1c[nH]c(/C=C2\N=C(C(OC)OC)CC2(C)C)c1. The van der Waals surface area contributed by atoms with Crippen LogP contribution in [0.4, 0.5) is 0 Å². The number of methoxy groups -OCH3 is 3. The van der Waals surface area contributed by atoms with Crippen LogP contribution in [-0.2, 0) is 19.0 Å². The standard InChI is InChI=1S/C18H24N2O5/c1-18(2)9-13(17(24-4)25-5)20-15(18)7-12-6-11(10-19-12)14(21)8-16(22)23-3/h6-7,10,17,19H,8-9H2,1-5H3/b15-7-. The predicted molar refractivity (Wildman–Crippen MR) is 93.4 cm³/mol. The molecule has 0 bridgehead atoms. The van der Waals surface area contributed by atoms with Gasteiger partial charge < -0.3 is 19.2 Å². The zero-order valence-corrected chi connectivity index (χ0v) is 15.2. The lowest BCUT2D eigenvalue weighted by molar-refractivity contribution is -0.139. The minimum atomic E-state index is -0.553. The molecule has 0 spiro atoms. The van der Waals surface area contributed by atoms with Gasteiger partial charge in [0, 0.05) is 49.2 Å². The van der Waals surface area contributed by atoms with Crippen molar-refractivity contribution < 1.29 is 23.8 Å². The summed E-state index contributed by atoms with van der Waals surface area (Å²) in [6.07, 6.45) is 3.45. The average molecular weight is 348 g/mol. The summed E-state index contributed by atoms with van der Waals surface area (Å²) in [7, 11) is 4.42. The van der Waals surface area contributed by atoms with E-state index in [0.717, 1.165) is 23.5 Å². The fourth-order valence-electron chi connectivity index (χ4n) is 2.73. The third-order valence-electron chi connectivity index (χ3n) is 4.13. The Bertz CT molecular complexity index is 711. The van der Waals surface area contributed by atoms with Crippen molar-refractivity contribution in [2.45, 2.75) is 33.0 Å². The molecule has 1 N–H and O–H groups in total. The lowest BCUT2D eigenvalue weighted by Crippen LogP contribution is -2.25. The van der Waals surface area contributed by atoms with Crippen LogP contribution < -0.4 is 0 Å². The number of allylic oxidation sites excluding steroid dienone is 1. The Balaban J connectivity index is 2.22. The zero-order chi connectivity index (χ0) is 18.6. The Labute approximate surface area is 147 Å². The highest BCUT2D eigenvalue weighted by atomic mass is 16.7. The van der Waals surface area contributed by atoms with Crippen LogP contribution >= 0.6 is 0 Å². The summed E-state index contributed by atoms with van der Waals surface area (Å²) < 4.78 is 15.1. The molecule has 1 aromatic rings. The fraction of sp³-hybridized carbons (Fsp3) is 0.500. The van der Waals surface area contributed by atoms with E-state index in [1.54, 1.807) is 26.5 Å². The molecule has 0 radical (unpaired) electrons. The molecular formula is C18H24N2O5. The van der Waals surface area contributed by atoms with Crippen LogP contribution in [0.15, 0.2) is 23.0 Å². The minimum Gasteiger partial charge on any atom is -0.469 e. The molecule has 0 aromatic carbocycles. The molecule has 25 heavy (non-hydrogen) atoms. The molecule has 0 fully saturated rings. The zero-order valence-electron chi connectivity index (χ0n) is 15.2. The van der Waals surface area contributed by atoms with Crippen LogP contribution in [0.25, 0.3) is 6.08 Å². The number of nitrogens with zero attached hydrogens (tertiary/aromatic N) is 1. The van der Waals surface area contributed by atoms with Crippen LogP contribution in [0.2, 0.25) is 0 Å². The van der Waals surface area contributed by atoms with Gasteiger partial charge in [-0.25, -0.2) is 0 Å². The van der Waals surface area contributed by atoms with Gasteiger partial charge in [-0.2, -0.15) is 0 Å². The fourth-order valence-corrected chi connectivity index (χ4v) is 2.73. The highest BCUT2D eigenvalue weighted by molar-refractivity contribution is 6.06. The van der Waals surface area contributed by atoms with E-state index >= 15 is 0 Å². The molecule has 1 aromatic heterocycles. The van der Waals surface area contributed by atoms with Crippen LogP contribution in [-0.4, -0.2) is 50.1 Å². The molecule has 2 heterocycles. The summed E-state index contributed by atoms with van der Waals surface area (Å²) in [4.78, 5) is 30.9. The van der Waals surface area contributed by atoms with Crippen molar-refractivity contribution >= 4 is 23.5 Å². The maximum atomic E-state index is 12.0. The van der Waals surface area contributed by atoms with Gasteiger partial charge in [0.25, 0.3) is 0 Å². The number of hydrogen-bond acceptors (Lipinski definition) is 6. The number of esters is 1. The minimum absolute atomic E-state index is 0.175. The van der Waals surface area contributed by atoms with Gasteiger partial charge in [-0.05, 0) is 12.1 Å². The smallest absolute Gasteiger partial charge is 0.313 e. The molecule has 7 heteroatoms. The second kappa shape index (κ2) is 7.76. The first-order chi connectivity index (χ1) is 11.8. The maximum absolute atomic E-state index is 12.0. The molecule has 0 unspecified atom stereocenters. The lowest BCUT2D eigenvalue weighted by atomic mass is 9.86. The number of carbonyl (C=O) groups is 2. The number of aliphatic imine (C=N–C) groups is 1. The van der Waals surface area contributed by atoms with Gasteiger partial charge in [0.2, 0.25) is 0 Å². The lowest BCUT2D eigenvalue weighted by Gasteiger charge is -2.19. The Morgan fingerprint density at radius 3 is 2.60 bits per heavy atom. The summed E-state index contributed by atoms with van der Waals surface area (Å²) in [6, 6.07) is 1.70. The molecule has 0 saturated carbocycles. The molecule has 0 aliphatic carbocycles. The Morgan fingerprint density at radius 2 is 2.00 bits per heavy atom. The Hall–Kier alpha value is -2.25. The molecular weight excluding hydrogens is 324 g/mol. The topological polar surface area (TPSA) is 90.0 Å². The summed E-state index contributed by atoms with van der Waals surface area (Å²) in [5.74, 6) is -0.844. The van der Waals surface area contributed by atoms with E-state index < -0.39 is 12.3 Å². The number of aromatic nitrogens is 1. The van der Waals surface area contributed by atoms with Gasteiger partial charge in [0.15, 0.2) is 12.1 Å². The largest absolute Gasteiger partial charge is 0.469 e. The number of nitrogens with one attached hydrogen (secondary N) is 1. The monoisotopic (exact) mass is 348 g/mol. The van der Waals surface area contributed by atoms with Crippen molar-refractivity contribution in [3.63, 3.8) is 0 Å². The first-order valence-electron chi connectivity index (χ1n) is 7.94. The molecule has 1 aliphatic rings. The quantitative estimate of drug-likeness (QED) is 0.354. The van der Waals surface area contributed by atoms with Gasteiger partial charge >= 0.3 is 5.97 Å². The van der Waals surface area contributed by atoms with Crippen LogP contribution in [0, 0.1) is 5.41 Å². The number of ether oxygens (including phenoxy) is 3. The third kappa shape index (κ3) is 4.43. The molecule has 136 valence electrons.